The molecule has 7 heteroatoms. The number of anilines is 3. The van der Waals surface area contributed by atoms with E-state index in [2.05, 4.69) is 46.3 Å². The Balaban J connectivity index is 1.49. The molecule has 0 spiro atoms. The van der Waals surface area contributed by atoms with E-state index in [0.29, 0.717) is 10.6 Å². The van der Waals surface area contributed by atoms with Crippen LogP contribution in [0.5, 0.6) is 0 Å². The van der Waals surface area contributed by atoms with Crippen molar-refractivity contribution in [3.8, 4) is 0 Å². The van der Waals surface area contributed by atoms with Gasteiger partial charge in [0.1, 0.15) is 0 Å². The number of amides is 1. The van der Waals surface area contributed by atoms with E-state index in [9.17, 15) is 14.7 Å². The molecule has 1 amide bonds. The van der Waals surface area contributed by atoms with Crippen molar-refractivity contribution in [2.75, 3.05) is 41.3 Å². The summed E-state index contributed by atoms with van der Waals surface area (Å²) >= 11 is 6.09. The van der Waals surface area contributed by atoms with E-state index in [0.717, 1.165) is 31.9 Å². The number of halogens is 1. The molecule has 1 aliphatic heterocycles. The Morgan fingerprint density at radius 1 is 0.844 bits per heavy atom. The van der Waals surface area contributed by atoms with Crippen LogP contribution in [0.1, 0.15) is 26.3 Å². The van der Waals surface area contributed by atoms with Crippen molar-refractivity contribution in [1.82, 2.24) is 0 Å². The van der Waals surface area contributed by atoms with E-state index in [1.54, 1.807) is 36.4 Å². The molecule has 3 aromatic rings. The van der Waals surface area contributed by atoms with Gasteiger partial charge in [-0.25, -0.2) is 4.79 Å². The maximum atomic E-state index is 12.6. The highest BCUT2D eigenvalue weighted by atomic mass is 35.5. The van der Waals surface area contributed by atoms with E-state index < -0.39 is 11.9 Å². The number of hydrogen-bond donors (Lipinski definition) is 2. The molecule has 0 saturated carbocycles. The van der Waals surface area contributed by atoms with Gasteiger partial charge in [-0.3, -0.25) is 4.79 Å². The Hall–Kier alpha value is -3.51. The lowest BCUT2D eigenvalue weighted by atomic mass is 10.1. The standard InChI is InChI=1S/C25H24ClN3O3/c1-17-5-4-6-18(15-17)28-11-13-29(14-12-28)19-9-10-23(21(16-19)25(31)32)27-24(30)20-7-2-3-8-22(20)26/h2-10,15-16H,11-14H2,1H3,(H,27,30)(H,31,32). The molecule has 1 saturated heterocycles. The predicted octanol–water partition coefficient (Wildman–Crippen LogP) is 4.93. The summed E-state index contributed by atoms with van der Waals surface area (Å²) in [4.78, 5) is 29.0. The molecule has 164 valence electrons. The second kappa shape index (κ2) is 9.32. The normalized spacial score (nSPS) is 13.7. The van der Waals surface area contributed by atoms with Gasteiger partial charge in [-0.15, -0.1) is 0 Å². The van der Waals surface area contributed by atoms with Crippen LogP contribution in [0.3, 0.4) is 0 Å². The lowest BCUT2D eigenvalue weighted by molar-refractivity contribution is 0.0698. The molecular weight excluding hydrogens is 426 g/mol. The first-order chi connectivity index (χ1) is 15.4. The molecule has 0 atom stereocenters. The quantitative estimate of drug-likeness (QED) is 0.578. The summed E-state index contributed by atoms with van der Waals surface area (Å²) in [5.41, 5.74) is 3.83. The maximum Gasteiger partial charge on any atom is 0.337 e. The molecule has 0 aliphatic carbocycles. The van der Waals surface area contributed by atoms with Crippen molar-refractivity contribution in [2.24, 2.45) is 0 Å². The van der Waals surface area contributed by atoms with Crippen molar-refractivity contribution >= 4 is 40.5 Å². The number of nitrogens with one attached hydrogen (secondary N) is 1. The smallest absolute Gasteiger partial charge is 0.337 e. The van der Waals surface area contributed by atoms with Gasteiger partial charge < -0.3 is 20.2 Å². The van der Waals surface area contributed by atoms with Crippen LogP contribution in [-0.4, -0.2) is 43.2 Å². The summed E-state index contributed by atoms with van der Waals surface area (Å²) in [6.45, 7) is 5.32. The zero-order chi connectivity index (χ0) is 22.7. The Bertz CT molecular complexity index is 1160. The van der Waals surface area contributed by atoms with Gasteiger partial charge >= 0.3 is 5.97 Å². The molecule has 0 bridgehead atoms. The minimum Gasteiger partial charge on any atom is -0.478 e. The van der Waals surface area contributed by atoms with Crippen molar-refractivity contribution in [2.45, 2.75) is 6.92 Å². The average Bonchev–Trinajstić information content (AvgIpc) is 2.79. The van der Waals surface area contributed by atoms with E-state index >= 15 is 0 Å². The van der Waals surface area contributed by atoms with E-state index in [4.69, 9.17) is 11.6 Å². The molecule has 4 rings (SSSR count). The number of carboxylic acid groups (broad SMARTS) is 1. The largest absolute Gasteiger partial charge is 0.478 e. The third-order valence-corrected chi connectivity index (χ3v) is 5.94. The molecule has 2 N–H and O–H groups in total. The zero-order valence-electron chi connectivity index (χ0n) is 17.7. The second-order valence-electron chi connectivity index (χ2n) is 7.78. The molecule has 32 heavy (non-hydrogen) atoms. The average molecular weight is 450 g/mol. The molecule has 1 fully saturated rings. The monoisotopic (exact) mass is 449 g/mol. The van der Waals surface area contributed by atoms with Gasteiger partial charge in [0.15, 0.2) is 0 Å². The molecule has 0 aromatic heterocycles. The van der Waals surface area contributed by atoms with Crippen LogP contribution in [0.2, 0.25) is 5.02 Å². The summed E-state index contributed by atoms with van der Waals surface area (Å²) < 4.78 is 0. The number of nitrogens with zero attached hydrogens (tertiary/aromatic N) is 2. The van der Waals surface area contributed by atoms with Gasteiger partial charge in [0, 0.05) is 37.6 Å². The first-order valence-corrected chi connectivity index (χ1v) is 10.8. The van der Waals surface area contributed by atoms with E-state index in [1.165, 1.54) is 11.3 Å². The Kier molecular flexibility index (Phi) is 6.32. The Morgan fingerprint density at radius 3 is 2.12 bits per heavy atom. The van der Waals surface area contributed by atoms with Crippen LogP contribution in [0.25, 0.3) is 0 Å². The number of aryl methyl sites for hydroxylation is 1. The predicted molar refractivity (Wildman–Crippen MR) is 128 cm³/mol. The Morgan fingerprint density at radius 2 is 1.50 bits per heavy atom. The molecule has 3 aromatic carbocycles. The van der Waals surface area contributed by atoms with Gasteiger partial charge in [-0.1, -0.05) is 35.9 Å². The fourth-order valence-electron chi connectivity index (χ4n) is 3.90. The van der Waals surface area contributed by atoms with E-state index in [-0.39, 0.29) is 11.3 Å². The summed E-state index contributed by atoms with van der Waals surface area (Å²) in [7, 11) is 0. The summed E-state index contributed by atoms with van der Waals surface area (Å²) in [6.07, 6.45) is 0. The van der Waals surface area contributed by atoms with Crippen LogP contribution in [0.15, 0.2) is 66.7 Å². The van der Waals surface area contributed by atoms with Crippen LogP contribution < -0.4 is 15.1 Å². The third kappa shape index (κ3) is 4.70. The molecule has 6 nitrogen and oxygen atoms in total. The highest BCUT2D eigenvalue weighted by Crippen LogP contribution is 2.27. The summed E-state index contributed by atoms with van der Waals surface area (Å²) in [5, 5.41) is 12.7. The molecular formula is C25H24ClN3O3. The first-order valence-electron chi connectivity index (χ1n) is 10.4. The first kappa shape index (κ1) is 21.7. The van der Waals surface area contributed by atoms with Crippen LogP contribution >= 0.6 is 11.6 Å². The van der Waals surface area contributed by atoms with Crippen LogP contribution in [-0.2, 0) is 0 Å². The number of carbonyl (C=O) groups is 2. The third-order valence-electron chi connectivity index (χ3n) is 5.61. The number of carbonyl (C=O) groups excluding carboxylic acids is 1. The van der Waals surface area contributed by atoms with E-state index in [1.807, 2.05) is 6.07 Å². The number of piperazine rings is 1. The van der Waals surface area contributed by atoms with Crippen molar-refractivity contribution in [3.05, 3.63) is 88.4 Å². The topological polar surface area (TPSA) is 72.9 Å². The molecule has 0 unspecified atom stereocenters. The number of rotatable bonds is 5. The summed E-state index contributed by atoms with van der Waals surface area (Å²) in [6, 6.07) is 20.2. The van der Waals surface area contributed by atoms with Crippen LogP contribution in [0, 0.1) is 6.92 Å². The lowest BCUT2D eigenvalue weighted by Crippen LogP contribution is -2.46. The zero-order valence-corrected chi connectivity index (χ0v) is 18.5. The minimum absolute atomic E-state index is 0.0454. The SMILES string of the molecule is Cc1cccc(N2CCN(c3ccc(NC(=O)c4ccccc4Cl)c(C(=O)O)c3)CC2)c1. The molecule has 1 aliphatic rings. The number of carboxylic acids is 1. The van der Waals surface area contributed by atoms with Crippen molar-refractivity contribution in [1.29, 1.82) is 0 Å². The lowest BCUT2D eigenvalue weighted by Gasteiger charge is -2.37. The fraction of sp³-hybridized carbons (Fsp3) is 0.200. The van der Waals surface area contributed by atoms with Crippen LogP contribution in [0.4, 0.5) is 17.1 Å². The highest BCUT2D eigenvalue weighted by Gasteiger charge is 2.21. The molecule has 1 heterocycles. The van der Waals surface area contributed by atoms with Gasteiger partial charge in [-0.05, 0) is 55.0 Å². The van der Waals surface area contributed by atoms with Gasteiger partial charge in [0.2, 0.25) is 0 Å². The number of hydrogen-bond acceptors (Lipinski definition) is 4. The number of aromatic carboxylic acids is 1. The van der Waals surface area contributed by atoms with Crippen molar-refractivity contribution in [3.63, 3.8) is 0 Å². The Labute approximate surface area is 192 Å². The van der Waals surface area contributed by atoms with Gasteiger partial charge in [0.05, 0.1) is 21.8 Å². The highest BCUT2D eigenvalue weighted by molar-refractivity contribution is 6.34. The second-order valence-corrected chi connectivity index (χ2v) is 8.19. The molecule has 0 radical (unpaired) electrons. The fourth-order valence-corrected chi connectivity index (χ4v) is 4.12. The summed E-state index contributed by atoms with van der Waals surface area (Å²) in [5.74, 6) is -1.54. The minimum atomic E-state index is -1.10. The maximum absolute atomic E-state index is 12.6. The van der Waals surface area contributed by atoms with Crippen molar-refractivity contribution < 1.29 is 14.7 Å². The number of benzene rings is 3. The van der Waals surface area contributed by atoms with Gasteiger partial charge in [-0.2, -0.15) is 0 Å². The van der Waals surface area contributed by atoms with Gasteiger partial charge in [0.25, 0.3) is 5.91 Å².